The zero-order chi connectivity index (χ0) is 10.6. The predicted molar refractivity (Wildman–Crippen MR) is 60.0 cm³/mol. The summed E-state index contributed by atoms with van der Waals surface area (Å²) >= 11 is 0. The van der Waals surface area contributed by atoms with E-state index in [4.69, 9.17) is 11.6 Å². The van der Waals surface area contributed by atoms with Gasteiger partial charge in [-0.2, -0.15) is 5.10 Å². The molecule has 0 unspecified atom stereocenters. The second-order valence-electron chi connectivity index (χ2n) is 3.69. The molecule has 0 aliphatic heterocycles. The van der Waals surface area contributed by atoms with Crippen LogP contribution in [0, 0.1) is 0 Å². The summed E-state index contributed by atoms with van der Waals surface area (Å²) in [6, 6.07) is 8.36. The number of hydrogen-bond donors (Lipinski definition) is 2. The fourth-order valence-electron chi connectivity index (χ4n) is 1.28. The summed E-state index contributed by atoms with van der Waals surface area (Å²) in [5.74, 6) is 6.08. The lowest BCUT2D eigenvalue weighted by Crippen LogP contribution is -2.16. The zero-order valence-electron chi connectivity index (χ0n) is 8.70. The summed E-state index contributed by atoms with van der Waals surface area (Å²) < 4.78 is 0. The van der Waals surface area contributed by atoms with E-state index in [2.05, 4.69) is 43.2 Å². The Morgan fingerprint density at radius 1 is 1.29 bits per heavy atom. The molecule has 76 valence electrons. The fourth-order valence-corrected chi connectivity index (χ4v) is 1.28. The molecule has 0 saturated carbocycles. The van der Waals surface area contributed by atoms with Crippen LogP contribution in [0.1, 0.15) is 30.9 Å². The van der Waals surface area contributed by atoms with Crippen LogP contribution in [-0.4, -0.2) is 5.84 Å². The lowest BCUT2D eigenvalue weighted by molar-refractivity contribution is 0.865. The number of hydrazone groups is 1. The minimum atomic E-state index is 0.460. The normalized spacial score (nSPS) is 12.1. The van der Waals surface area contributed by atoms with E-state index in [1.165, 1.54) is 5.56 Å². The molecular weight excluding hydrogens is 174 g/mol. The third-order valence-corrected chi connectivity index (χ3v) is 2.20. The molecule has 0 aliphatic rings. The highest BCUT2D eigenvalue weighted by atomic mass is 15.1. The van der Waals surface area contributed by atoms with Crippen LogP contribution in [0.25, 0.3) is 0 Å². The first-order valence-electron chi connectivity index (χ1n) is 4.74. The molecule has 0 spiro atoms. The average Bonchev–Trinajstić information content (AvgIpc) is 2.18. The van der Waals surface area contributed by atoms with Crippen molar-refractivity contribution in [2.75, 3.05) is 0 Å². The zero-order valence-corrected chi connectivity index (χ0v) is 8.70. The highest BCUT2D eigenvalue weighted by Crippen LogP contribution is 2.14. The monoisotopic (exact) mass is 191 g/mol. The van der Waals surface area contributed by atoms with Crippen LogP contribution in [0.2, 0.25) is 0 Å². The Bertz CT molecular complexity index is 312. The van der Waals surface area contributed by atoms with Crippen LogP contribution < -0.4 is 11.6 Å². The van der Waals surface area contributed by atoms with Gasteiger partial charge in [-0.25, -0.2) is 0 Å². The van der Waals surface area contributed by atoms with E-state index in [-0.39, 0.29) is 0 Å². The van der Waals surface area contributed by atoms with Crippen LogP contribution in [0.4, 0.5) is 0 Å². The van der Waals surface area contributed by atoms with Crippen molar-refractivity contribution in [3.63, 3.8) is 0 Å². The van der Waals surface area contributed by atoms with Crippen molar-refractivity contribution in [3.8, 4) is 0 Å². The number of benzene rings is 1. The molecule has 0 saturated heterocycles. The van der Waals surface area contributed by atoms with E-state index >= 15 is 0 Å². The first-order valence-corrected chi connectivity index (χ1v) is 4.74. The summed E-state index contributed by atoms with van der Waals surface area (Å²) in [6.07, 6.45) is 0.620. The third kappa shape index (κ3) is 2.76. The van der Waals surface area contributed by atoms with Gasteiger partial charge in [0.2, 0.25) is 0 Å². The van der Waals surface area contributed by atoms with Crippen molar-refractivity contribution < 1.29 is 0 Å². The first kappa shape index (κ1) is 10.6. The smallest absolute Gasteiger partial charge is 0.123 e. The Hall–Kier alpha value is -1.51. The van der Waals surface area contributed by atoms with Crippen molar-refractivity contribution in [3.05, 3.63) is 35.4 Å². The molecule has 14 heavy (non-hydrogen) atoms. The van der Waals surface area contributed by atoms with Gasteiger partial charge in [0, 0.05) is 6.42 Å². The van der Waals surface area contributed by atoms with Crippen LogP contribution in [0.3, 0.4) is 0 Å². The maximum atomic E-state index is 5.53. The molecule has 1 rings (SSSR count). The third-order valence-electron chi connectivity index (χ3n) is 2.20. The van der Waals surface area contributed by atoms with E-state index in [1.807, 2.05) is 0 Å². The van der Waals surface area contributed by atoms with Crippen LogP contribution in [-0.2, 0) is 6.42 Å². The van der Waals surface area contributed by atoms with Gasteiger partial charge in [0.05, 0.1) is 0 Å². The van der Waals surface area contributed by atoms with E-state index in [1.54, 1.807) is 0 Å². The second kappa shape index (κ2) is 4.65. The predicted octanol–water partition coefficient (Wildman–Crippen LogP) is 1.58. The Kier molecular flexibility index (Phi) is 3.51. The number of hydrogen-bond acceptors (Lipinski definition) is 2. The van der Waals surface area contributed by atoms with Crippen molar-refractivity contribution >= 4 is 5.84 Å². The molecule has 1 aromatic carbocycles. The molecule has 0 radical (unpaired) electrons. The summed E-state index contributed by atoms with van der Waals surface area (Å²) in [4.78, 5) is 0. The van der Waals surface area contributed by atoms with Gasteiger partial charge in [0.25, 0.3) is 0 Å². The summed E-state index contributed by atoms with van der Waals surface area (Å²) in [6.45, 7) is 4.34. The van der Waals surface area contributed by atoms with Crippen molar-refractivity contribution in [2.45, 2.75) is 26.2 Å². The number of nitrogens with zero attached hydrogens (tertiary/aromatic N) is 1. The van der Waals surface area contributed by atoms with Crippen LogP contribution in [0.5, 0.6) is 0 Å². The highest BCUT2D eigenvalue weighted by molar-refractivity contribution is 5.82. The summed E-state index contributed by atoms with van der Waals surface area (Å²) in [5, 5.41) is 3.44. The standard InChI is InChI=1S/C11H17N3/c1-8(2)10-5-3-9(4-6-10)7-11(12)14-13/h3-6,8H,7,13H2,1-2H3,(H2,12,14). The lowest BCUT2D eigenvalue weighted by Gasteiger charge is -2.06. The summed E-state index contributed by atoms with van der Waals surface area (Å²) in [7, 11) is 0. The van der Waals surface area contributed by atoms with Gasteiger partial charge in [-0.1, -0.05) is 38.1 Å². The van der Waals surface area contributed by atoms with E-state index < -0.39 is 0 Å². The van der Waals surface area contributed by atoms with Gasteiger partial charge in [-0.05, 0) is 17.0 Å². The fraction of sp³-hybridized carbons (Fsp3) is 0.364. The van der Waals surface area contributed by atoms with Crippen molar-refractivity contribution in [1.82, 2.24) is 0 Å². The van der Waals surface area contributed by atoms with E-state index in [0.717, 1.165) is 5.56 Å². The molecule has 0 bridgehead atoms. The topological polar surface area (TPSA) is 64.4 Å². The Labute approximate surface area is 84.8 Å². The molecule has 0 heterocycles. The molecule has 0 atom stereocenters. The first-order chi connectivity index (χ1) is 6.63. The molecule has 4 N–H and O–H groups in total. The average molecular weight is 191 g/mol. The molecular formula is C11H17N3. The van der Waals surface area contributed by atoms with Crippen LogP contribution in [0.15, 0.2) is 29.4 Å². The van der Waals surface area contributed by atoms with Crippen LogP contribution >= 0.6 is 0 Å². The molecule has 1 aromatic rings. The number of rotatable bonds is 3. The Morgan fingerprint density at radius 3 is 2.29 bits per heavy atom. The quantitative estimate of drug-likeness (QED) is 0.330. The lowest BCUT2D eigenvalue weighted by atomic mass is 10.0. The Balaban J connectivity index is 2.74. The van der Waals surface area contributed by atoms with E-state index in [0.29, 0.717) is 18.2 Å². The maximum absolute atomic E-state index is 5.53. The van der Waals surface area contributed by atoms with Gasteiger partial charge in [0.1, 0.15) is 5.84 Å². The Morgan fingerprint density at radius 2 is 1.86 bits per heavy atom. The van der Waals surface area contributed by atoms with Crippen molar-refractivity contribution in [2.24, 2.45) is 16.7 Å². The molecule has 0 amide bonds. The van der Waals surface area contributed by atoms with Gasteiger partial charge < -0.3 is 11.6 Å². The molecule has 0 aliphatic carbocycles. The number of nitrogens with two attached hydrogens (primary N) is 2. The molecule has 3 heteroatoms. The summed E-state index contributed by atoms with van der Waals surface area (Å²) in [5.41, 5.74) is 8.00. The minimum absolute atomic E-state index is 0.460. The molecule has 0 aromatic heterocycles. The van der Waals surface area contributed by atoms with Gasteiger partial charge >= 0.3 is 0 Å². The SMILES string of the molecule is CC(C)c1ccc(C/C(N)=N/N)cc1. The minimum Gasteiger partial charge on any atom is -0.385 e. The molecule has 3 nitrogen and oxygen atoms in total. The van der Waals surface area contributed by atoms with E-state index in [9.17, 15) is 0 Å². The van der Waals surface area contributed by atoms with Gasteiger partial charge in [0.15, 0.2) is 0 Å². The van der Waals surface area contributed by atoms with Crippen molar-refractivity contribution in [1.29, 1.82) is 0 Å². The van der Waals surface area contributed by atoms with Gasteiger partial charge in [-0.15, -0.1) is 0 Å². The largest absolute Gasteiger partial charge is 0.385 e. The van der Waals surface area contributed by atoms with Gasteiger partial charge in [-0.3, -0.25) is 0 Å². The highest BCUT2D eigenvalue weighted by Gasteiger charge is 2.00. The molecule has 0 fully saturated rings. The maximum Gasteiger partial charge on any atom is 0.123 e. The second-order valence-corrected chi connectivity index (χ2v) is 3.69. The number of amidine groups is 1.